The molecule has 2 aromatic heterocycles. The smallest absolute Gasteiger partial charge is 0.237 e. The van der Waals surface area contributed by atoms with Crippen LogP contribution in [-0.4, -0.2) is 21.0 Å². The minimum absolute atomic E-state index is 0.192. The molecule has 19 heavy (non-hydrogen) atoms. The molecule has 0 spiro atoms. The number of nitrogens with zero attached hydrogens (tertiary/aromatic N) is 2. The molecular formula is C13H16N4OS. The lowest BCUT2D eigenvalue weighted by atomic mass is 9.98. The lowest BCUT2D eigenvalue weighted by Crippen LogP contribution is -2.49. The molecular weight excluding hydrogens is 260 g/mol. The van der Waals surface area contributed by atoms with Crippen molar-refractivity contribution in [1.82, 2.24) is 9.55 Å². The van der Waals surface area contributed by atoms with Crippen molar-refractivity contribution in [1.29, 1.82) is 0 Å². The Morgan fingerprint density at radius 1 is 1.58 bits per heavy atom. The topological polar surface area (TPSA) is 86.9 Å². The van der Waals surface area contributed by atoms with E-state index in [2.05, 4.69) is 9.55 Å². The molecule has 2 atom stereocenters. The highest BCUT2D eigenvalue weighted by Crippen LogP contribution is 2.38. The highest BCUT2D eigenvalue weighted by molar-refractivity contribution is 7.13. The lowest BCUT2D eigenvalue weighted by Gasteiger charge is -2.20. The molecule has 1 amide bonds. The van der Waals surface area contributed by atoms with Gasteiger partial charge in [-0.3, -0.25) is 4.79 Å². The second-order valence-electron chi connectivity index (χ2n) is 5.05. The Labute approximate surface area is 115 Å². The van der Waals surface area contributed by atoms with Crippen molar-refractivity contribution in [2.45, 2.75) is 30.8 Å². The van der Waals surface area contributed by atoms with Crippen LogP contribution in [0.1, 0.15) is 25.3 Å². The Balaban J connectivity index is 1.89. The van der Waals surface area contributed by atoms with E-state index in [9.17, 15) is 4.79 Å². The number of rotatable bonds is 3. The fourth-order valence-electron chi connectivity index (χ4n) is 2.71. The lowest BCUT2D eigenvalue weighted by molar-refractivity contribution is -0.123. The molecule has 0 aromatic carbocycles. The van der Waals surface area contributed by atoms with Gasteiger partial charge in [0.1, 0.15) is 5.82 Å². The van der Waals surface area contributed by atoms with E-state index in [4.69, 9.17) is 11.5 Å². The van der Waals surface area contributed by atoms with Crippen molar-refractivity contribution < 1.29 is 4.79 Å². The molecule has 1 aliphatic carbocycles. The zero-order chi connectivity index (χ0) is 13.5. The van der Waals surface area contributed by atoms with Crippen molar-refractivity contribution in [2.75, 3.05) is 0 Å². The molecule has 2 heterocycles. The molecule has 5 nitrogen and oxygen atoms in total. The molecule has 4 N–H and O–H groups in total. The molecule has 0 radical (unpaired) electrons. The zero-order valence-corrected chi connectivity index (χ0v) is 11.3. The first-order valence-corrected chi connectivity index (χ1v) is 7.14. The standard InChI is InChI=1S/C13H16N4OS/c14-12(18)13(15)4-3-9(8-13)17-6-5-16-11(17)10-2-1-7-19-10/h1-2,5-7,9H,3-4,8,15H2,(H2,14,18). The van der Waals surface area contributed by atoms with E-state index < -0.39 is 11.4 Å². The summed E-state index contributed by atoms with van der Waals surface area (Å²) in [6.07, 6.45) is 5.81. The first-order valence-electron chi connectivity index (χ1n) is 6.26. The maximum Gasteiger partial charge on any atom is 0.237 e. The van der Waals surface area contributed by atoms with Gasteiger partial charge in [0, 0.05) is 18.4 Å². The maximum atomic E-state index is 11.4. The Hall–Kier alpha value is -1.66. The van der Waals surface area contributed by atoms with Crippen LogP contribution in [0.15, 0.2) is 29.9 Å². The minimum atomic E-state index is -0.873. The minimum Gasteiger partial charge on any atom is -0.368 e. The number of amides is 1. The average Bonchev–Trinajstić information content (AvgIpc) is 3.08. The number of thiophene rings is 1. The van der Waals surface area contributed by atoms with Gasteiger partial charge in [-0.25, -0.2) is 4.98 Å². The van der Waals surface area contributed by atoms with E-state index >= 15 is 0 Å². The quantitative estimate of drug-likeness (QED) is 0.891. The third kappa shape index (κ3) is 2.06. The zero-order valence-electron chi connectivity index (χ0n) is 10.5. The first kappa shape index (κ1) is 12.4. The molecule has 0 aliphatic heterocycles. The number of hydrogen-bond donors (Lipinski definition) is 2. The molecule has 1 fully saturated rings. The predicted octanol–water partition coefficient (Wildman–Crippen LogP) is 1.52. The second-order valence-corrected chi connectivity index (χ2v) is 6.00. The van der Waals surface area contributed by atoms with Crippen molar-refractivity contribution in [3.63, 3.8) is 0 Å². The molecule has 1 saturated carbocycles. The number of imidazole rings is 1. The van der Waals surface area contributed by atoms with Crippen LogP contribution in [0.25, 0.3) is 10.7 Å². The van der Waals surface area contributed by atoms with Crippen LogP contribution in [0, 0.1) is 0 Å². The number of nitrogens with two attached hydrogens (primary N) is 2. The third-order valence-corrected chi connectivity index (χ3v) is 4.68. The van der Waals surface area contributed by atoms with E-state index in [1.807, 2.05) is 23.7 Å². The van der Waals surface area contributed by atoms with Gasteiger partial charge >= 0.3 is 0 Å². The Bertz CT molecular complexity index is 592. The summed E-state index contributed by atoms with van der Waals surface area (Å²) in [6, 6.07) is 4.24. The van der Waals surface area contributed by atoms with E-state index in [0.717, 1.165) is 17.1 Å². The van der Waals surface area contributed by atoms with Gasteiger partial charge in [-0.1, -0.05) is 6.07 Å². The number of primary amides is 1. The highest BCUT2D eigenvalue weighted by atomic mass is 32.1. The van der Waals surface area contributed by atoms with Crippen LogP contribution >= 0.6 is 11.3 Å². The summed E-state index contributed by atoms with van der Waals surface area (Å²) in [7, 11) is 0. The van der Waals surface area contributed by atoms with Gasteiger partial charge in [0.25, 0.3) is 0 Å². The van der Waals surface area contributed by atoms with E-state index in [-0.39, 0.29) is 6.04 Å². The fraction of sp³-hybridized carbons (Fsp3) is 0.385. The Kier molecular flexibility index (Phi) is 2.91. The number of aromatic nitrogens is 2. The summed E-state index contributed by atoms with van der Waals surface area (Å²) in [5.41, 5.74) is 10.6. The Morgan fingerprint density at radius 3 is 3.05 bits per heavy atom. The first-order chi connectivity index (χ1) is 9.10. The number of carbonyl (C=O) groups is 1. The van der Waals surface area contributed by atoms with Gasteiger partial charge in [-0.15, -0.1) is 11.3 Å². The molecule has 100 valence electrons. The molecule has 1 aliphatic rings. The van der Waals surface area contributed by atoms with Crippen molar-refractivity contribution >= 4 is 17.2 Å². The SMILES string of the molecule is NC(=O)C1(N)CCC(n2ccnc2-c2cccs2)C1. The second kappa shape index (κ2) is 4.47. The van der Waals surface area contributed by atoms with E-state index in [1.54, 1.807) is 17.5 Å². The molecule has 0 bridgehead atoms. The largest absolute Gasteiger partial charge is 0.368 e. The average molecular weight is 276 g/mol. The van der Waals surface area contributed by atoms with Crippen LogP contribution in [0.2, 0.25) is 0 Å². The highest BCUT2D eigenvalue weighted by Gasteiger charge is 2.41. The monoisotopic (exact) mass is 276 g/mol. The van der Waals surface area contributed by atoms with Gasteiger partial charge < -0.3 is 16.0 Å². The van der Waals surface area contributed by atoms with Gasteiger partial charge in [-0.05, 0) is 30.7 Å². The van der Waals surface area contributed by atoms with Crippen molar-refractivity contribution in [3.8, 4) is 10.7 Å². The summed E-state index contributed by atoms with van der Waals surface area (Å²) in [5, 5.41) is 2.03. The van der Waals surface area contributed by atoms with Crippen LogP contribution in [0.4, 0.5) is 0 Å². The van der Waals surface area contributed by atoms with E-state index in [0.29, 0.717) is 12.8 Å². The van der Waals surface area contributed by atoms with Crippen LogP contribution in [0.3, 0.4) is 0 Å². The Morgan fingerprint density at radius 2 is 2.42 bits per heavy atom. The van der Waals surface area contributed by atoms with Gasteiger partial charge in [0.05, 0.1) is 10.4 Å². The normalized spacial score (nSPS) is 26.7. The van der Waals surface area contributed by atoms with Gasteiger partial charge in [0.2, 0.25) is 5.91 Å². The van der Waals surface area contributed by atoms with Crippen LogP contribution < -0.4 is 11.5 Å². The fourth-order valence-corrected chi connectivity index (χ4v) is 3.44. The van der Waals surface area contributed by atoms with Gasteiger partial charge in [-0.2, -0.15) is 0 Å². The summed E-state index contributed by atoms with van der Waals surface area (Å²) < 4.78 is 2.11. The van der Waals surface area contributed by atoms with E-state index in [1.165, 1.54) is 0 Å². The van der Waals surface area contributed by atoms with Crippen molar-refractivity contribution in [3.05, 3.63) is 29.9 Å². The molecule has 2 unspecified atom stereocenters. The third-order valence-electron chi connectivity index (χ3n) is 3.82. The molecule has 6 heteroatoms. The number of hydrogen-bond acceptors (Lipinski definition) is 4. The maximum absolute atomic E-state index is 11.4. The van der Waals surface area contributed by atoms with Crippen LogP contribution in [0.5, 0.6) is 0 Å². The summed E-state index contributed by atoms with van der Waals surface area (Å²) in [5.74, 6) is 0.529. The van der Waals surface area contributed by atoms with Crippen molar-refractivity contribution in [2.24, 2.45) is 11.5 Å². The molecule has 3 rings (SSSR count). The molecule has 2 aromatic rings. The van der Waals surface area contributed by atoms with Gasteiger partial charge in [0.15, 0.2) is 0 Å². The molecule has 0 saturated heterocycles. The number of carbonyl (C=O) groups excluding carboxylic acids is 1. The van der Waals surface area contributed by atoms with Crippen LogP contribution in [-0.2, 0) is 4.79 Å². The summed E-state index contributed by atoms with van der Waals surface area (Å²) in [4.78, 5) is 17.0. The summed E-state index contributed by atoms with van der Waals surface area (Å²) >= 11 is 1.65. The predicted molar refractivity (Wildman–Crippen MR) is 74.5 cm³/mol. The summed E-state index contributed by atoms with van der Waals surface area (Å²) in [6.45, 7) is 0.